The first-order valence-corrected chi connectivity index (χ1v) is 7.04. The van der Waals surface area contributed by atoms with Gasteiger partial charge in [0.05, 0.1) is 6.61 Å². The SMILES string of the molecule is CCOc1ccccc1[C@H](N1NC(=O)CC1(C)C)C(F)(F)F. The van der Waals surface area contributed by atoms with Crippen LogP contribution in [0, 0.1) is 0 Å². The molecule has 0 unspecified atom stereocenters. The summed E-state index contributed by atoms with van der Waals surface area (Å²) in [6.07, 6.45) is -4.54. The first-order valence-electron chi connectivity index (χ1n) is 7.04. The van der Waals surface area contributed by atoms with Crippen LogP contribution in [0.3, 0.4) is 0 Å². The second-order valence-electron chi connectivity index (χ2n) is 5.81. The van der Waals surface area contributed by atoms with Crippen molar-refractivity contribution in [3.8, 4) is 5.75 Å². The minimum absolute atomic E-state index is 0.00729. The summed E-state index contributed by atoms with van der Waals surface area (Å²) in [6, 6.07) is 4.07. The maximum absolute atomic E-state index is 13.7. The van der Waals surface area contributed by atoms with Crippen molar-refractivity contribution in [1.29, 1.82) is 0 Å². The number of nitrogens with zero attached hydrogens (tertiary/aromatic N) is 1. The van der Waals surface area contributed by atoms with Gasteiger partial charge < -0.3 is 4.74 Å². The van der Waals surface area contributed by atoms with Gasteiger partial charge in [-0.15, -0.1) is 0 Å². The van der Waals surface area contributed by atoms with Crippen molar-refractivity contribution >= 4 is 5.91 Å². The van der Waals surface area contributed by atoms with Gasteiger partial charge in [0.1, 0.15) is 5.75 Å². The Bertz CT molecular complexity index is 558. The number of para-hydroxylation sites is 1. The molecule has 7 heteroatoms. The molecular weight excluding hydrogens is 297 g/mol. The molecule has 0 saturated carbocycles. The highest BCUT2D eigenvalue weighted by atomic mass is 19.4. The molecule has 122 valence electrons. The molecule has 1 aliphatic rings. The average molecular weight is 316 g/mol. The predicted octanol–water partition coefficient (Wildman–Crippen LogP) is 3.20. The van der Waals surface area contributed by atoms with Gasteiger partial charge in [0.15, 0.2) is 6.04 Å². The standard InChI is InChI=1S/C15H19F3N2O2/c1-4-22-11-8-6-5-7-10(11)13(15(16,17)18)20-14(2,3)9-12(21)19-20/h5-8,13H,4,9H2,1-3H3,(H,19,21)/t13-/m0/s1. The first kappa shape index (κ1) is 16.6. The van der Waals surface area contributed by atoms with E-state index in [0.29, 0.717) is 0 Å². The van der Waals surface area contributed by atoms with Crippen molar-refractivity contribution in [3.63, 3.8) is 0 Å². The van der Waals surface area contributed by atoms with Crippen LogP contribution in [0.4, 0.5) is 13.2 Å². The highest BCUT2D eigenvalue weighted by Crippen LogP contribution is 2.45. The maximum Gasteiger partial charge on any atom is 0.410 e. The molecule has 1 N–H and O–H groups in total. The van der Waals surface area contributed by atoms with E-state index in [-0.39, 0.29) is 24.3 Å². The quantitative estimate of drug-likeness (QED) is 0.927. The van der Waals surface area contributed by atoms with Gasteiger partial charge in [0.25, 0.3) is 0 Å². The zero-order chi connectivity index (χ0) is 16.5. The molecule has 0 aromatic heterocycles. The second kappa shape index (κ2) is 5.79. The van der Waals surface area contributed by atoms with Gasteiger partial charge in [-0.25, -0.2) is 0 Å². The lowest BCUT2D eigenvalue weighted by molar-refractivity contribution is -0.204. The smallest absolute Gasteiger partial charge is 0.410 e. The molecule has 22 heavy (non-hydrogen) atoms. The largest absolute Gasteiger partial charge is 0.494 e. The summed E-state index contributed by atoms with van der Waals surface area (Å²) in [5.74, 6) is -0.252. The molecule has 1 aliphatic heterocycles. The number of hydrazine groups is 1. The molecule has 0 radical (unpaired) electrons. The van der Waals surface area contributed by atoms with Crippen molar-refractivity contribution < 1.29 is 22.7 Å². The molecule has 1 aromatic rings. The summed E-state index contributed by atoms with van der Waals surface area (Å²) < 4.78 is 46.4. The summed E-state index contributed by atoms with van der Waals surface area (Å²) in [5, 5.41) is 0.979. The lowest BCUT2D eigenvalue weighted by atomic mass is 9.96. The minimum atomic E-state index is -4.55. The number of benzene rings is 1. The van der Waals surface area contributed by atoms with Crippen LogP contribution in [0.25, 0.3) is 0 Å². The molecule has 0 aliphatic carbocycles. The van der Waals surface area contributed by atoms with E-state index in [2.05, 4.69) is 5.43 Å². The Morgan fingerprint density at radius 3 is 2.50 bits per heavy atom. The van der Waals surface area contributed by atoms with Crippen LogP contribution in [0.5, 0.6) is 5.75 Å². The van der Waals surface area contributed by atoms with Crippen LogP contribution in [-0.2, 0) is 4.79 Å². The van der Waals surface area contributed by atoms with E-state index in [4.69, 9.17) is 4.74 Å². The fourth-order valence-electron chi connectivity index (χ4n) is 2.67. The molecule has 1 atom stereocenters. The Labute approximate surface area is 127 Å². The Kier molecular flexibility index (Phi) is 4.37. The number of ether oxygens (including phenoxy) is 1. The number of amides is 1. The molecule has 0 bridgehead atoms. The maximum atomic E-state index is 13.7. The van der Waals surface area contributed by atoms with Gasteiger partial charge >= 0.3 is 6.18 Å². The number of hydrogen-bond acceptors (Lipinski definition) is 3. The monoisotopic (exact) mass is 316 g/mol. The Morgan fingerprint density at radius 2 is 2.00 bits per heavy atom. The lowest BCUT2D eigenvalue weighted by Gasteiger charge is -2.38. The van der Waals surface area contributed by atoms with Crippen molar-refractivity contribution in [3.05, 3.63) is 29.8 Å². The fraction of sp³-hybridized carbons (Fsp3) is 0.533. The third kappa shape index (κ3) is 3.19. The summed E-state index contributed by atoms with van der Waals surface area (Å²) in [5.41, 5.74) is 1.38. The predicted molar refractivity (Wildman–Crippen MR) is 75.1 cm³/mol. The number of carbonyl (C=O) groups excluding carboxylic acids is 1. The molecule has 0 spiro atoms. The fourth-order valence-corrected chi connectivity index (χ4v) is 2.67. The van der Waals surface area contributed by atoms with Gasteiger partial charge in [-0.05, 0) is 26.8 Å². The van der Waals surface area contributed by atoms with Crippen molar-refractivity contribution in [2.45, 2.75) is 44.9 Å². The molecule has 1 fully saturated rings. The van der Waals surface area contributed by atoms with Gasteiger partial charge in [-0.1, -0.05) is 18.2 Å². The van der Waals surface area contributed by atoms with Gasteiger partial charge in [-0.3, -0.25) is 10.2 Å². The number of rotatable bonds is 4. The lowest BCUT2D eigenvalue weighted by Crippen LogP contribution is -2.51. The minimum Gasteiger partial charge on any atom is -0.494 e. The number of alkyl halides is 3. The third-order valence-corrected chi connectivity index (χ3v) is 3.57. The Morgan fingerprint density at radius 1 is 1.36 bits per heavy atom. The van der Waals surface area contributed by atoms with Crippen LogP contribution in [0.1, 0.15) is 38.8 Å². The van der Waals surface area contributed by atoms with Gasteiger partial charge in [0, 0.05) is 17.5 Å². The zero-order valence-electron chi connectivity index (χ0n) is 12.7. The van der Waals surface area contributed by atoms with E-state index in [1.54, 1.807) is 26.8 Å². The molecule has 2 rings (SSSR count). The Hall–Kier alpha value is -1.76. The highest BCUT2D eigenvalue weighted by Gasteiger charge is 2.53. The average Bonchev–Trinajstić information content (AvgIpc) is 2.64. The van der Waals surface area contributed by atoms with Gasteiger partial charge in [0.2, 0.25) is 5.91 Å². The van der Waals surface area contributed by atoms with E-state index in [1.165, 1.54) is 18.2 Å². The number of hydrogen-bond donors (Lipinski definition) is 1. The molecule has 1 heterocycles. The van der Waals surface area contributed by atoms with Crippen LogP contribution < -0.4 is 10.2 Å². The summed E-state index contributed by atoms with van der Waals surface area (Å²) in [4.78, 5) is 11.6. The van der Waals surface area contributed by atoms with Crippen LogP contribution >= 0.6 is 0 Å². The van der Waals surface area contributed by atoms with Gasteiger partial charge in [-0.2, -0.15) is 18.2 Å². The highest BCUT2D eigenvalue weighted by molar-refractivity contribution is 5.79. The van der Waals surface area contributed by atoms with E-state index in [0.717, 1.165) is 5.01 Å². The molecule has 1 saturated heterocycles. The molecular formula is C15H19F3N2O2. The number of carbonyl (C=O) groups is 1. The topological polar surface area (TPSA) is 41.6 Å². The summed E-state index contributed by atoms with van der Waals surface area (Å²) in [6.45, 7) is 5.18. The van der Waals surface area contributed by atoms with Crippen LogP contribution in [0.15, 0.2) is 24.3 Å². The van der Waals surface area contributed by atoms with E-state index in [9.17, 15) is 18.0 Å². The number of halogens is 3. The van der Waals surface area contributed by atoms with Crippen LogP contribution in [0.2, 0.25) is 0 Å². The van der Waals surface area contributed by atoms with E-state index >= 15 is 0 Å². The van der Waals surface area contributed by atoms with Crippen LogP contribution in [-0.4, -0.2) is 29.2 Å². The number of nitrogens with one attached hydrogen (secondary N) is 1. The molecule has 1 amide bonds. The Balaban J connectivity index is 2.51. The van der Waals surface area contributed by atoms with E-state index in [1.807, 2.05) is 0 Å². The molecule has 4 nitrogen and oxygen atoms in total. The van der Waals surface area contributed by atoms with Crippen molar-refractivity contribution in [2.24, 2.45) is 0 Å². The first-order chi connectivity index (χ1) is 10.2. The molecule has 1 aromatic carbocycles. The zero-order valence-corrected chi connectivity index (χ0v) is 12.7. The normalized spacial score (nSPS) is 19.8. The van der Waals surface area contributed by atoms with Crippen molar-refractivity contribution in [2.75, 3.05) is 6.61 Å². The summed E-state index contributed by atoms with van der Waals surface area (Å²) >= 11 is 0. The second-order valence-corrected chi connectivity index (χ2v) is 5.81. The summed E-state index contributed by atoms with van der Waals surface area (Å²) in [7, 11) is 0. The van der Waals surface area contributed by atoms with E-state index < -0.39 is 23.7 Å². The third-order valence-electron chi connectivity index (χ3n) is 3.57. The van der Waals surface area contributed by atoms with Crippen molar-refractivity contribution in [1.82, 2.24) is 10.4 Å².